The van der Waals surface area contributed by atoms with Gasteiger partial charge in [-0.2, -0.15) is 0 Å². The molecule has 1 aliphatic rings. The van der Waals surface area contributed by atoms with E-state index in [2.05, 4.69) is 42.3 Å². The molecule has 4 rings (SSSR count). The summed E-state index contributed by atoms with van der Waals surface area (Å²) in [4.78, 5) is 28.4. The zero-order valence-corrected chi connectivity index (χ0v) is 18.8. The summed E-state index contributed by atoms with van der Waals surface area (Å²) in [5, 5.41) is 3.04. The normalized spacial score (nSPS) is 14.9. The molecule has 0 fully saturated rings. The van der Waals surface area contributed by atoms with Crippen LogP contribution in [-0.2, 0) is 17.6 Å². The molecule has 164 valence electrons. The van der Waals surface area contributed by atoms with Gasteiger partial charge in [0.15, 0.2) is 5.78 Å². The van der Waals surface area contributed by atoms with Crippen molar-refractivity contribution in [2.24, 2.45) is 0 Å². The number of rotatable bonds is 7. The summed E-state index contributed by atoms with van der Waals surface area (Å²) in [5.74, 6) is -0.327. The Hall–Kier alpha value is -3.24. The lowest BCUT2D eigenvalue weighted by Gasteiger charge is -2.21. The highest BCUT2D eigenvalue weighted by Gasteiger charge is 2.30. The van der Waals surface area contributed by atoms with Crippen molar-refractivity contribution in [3.05, 3.63) is 101 Å². The molecule has 4 heteroatoms. The van der Waals surface area contributed by atoms with Gasteiger partial charge in [-0.3, -0.25) is 14.5 Å². The number of nitrogens with one attached hydrogen (secondary N) is 1. The average Bonchev–Trinajstić information content (AvgIpc) is 2.99. The third kappa shape index (κ3) is 4.66. The Kier molecular flexibility index (Phi) is 6.81. The first-order valence-corrected chi connectivity index (χ1v) is 11.4. The molecule has 1 N–H and O–H groups in total. The van der Waals surface area contributed by atoms with E-state index in [1.165, 1.54) is 5.56 Å². The van der Waals surface area contributed by atoms with E-state index in [1.807, 2.05) is 54.6 Å². The Morgan fingerprint density at radius 3 is 2.22 bits per heavy atom. The van der Waals surface area contributed by atoms with Crippen molar-refractivity contribution in [1.82, 2.24) is 4.90 Å². The van der Waals surface area contributed by atoms with Crippen LogP contribution in [0.25, 0.3) is 0 Å². The average molecular weight is 427 g/mol. The molecule has 1 amide bonds. The molecule has 1 aliphatic carbocycles. The summed E-state index contributed by atoms with van der Waals surface area (Å²) in [6.07, 6.45) is 1.77. The van der Waals surface area contributed by atoms with Crippen molar-refractivity contribution in [2.45, 2.75) is 32.6 Å². The molecule has 0 radical (unpaired) electrons. The summed E-state index contributed by atoms with van der Waals surface area (Å²) in [6, 6.07) is 23.8. The van der Waals surface area contributed by atoms with Crippen LogP contribution in [0.15, 0.2) is 72.8 Å². The molecular formula is C28H30N2O2. The Bertz CT molecular complexity index is 1100. The van der Waals surface area contributed by atoms with E-state index in [-0.39, 0.29) is 17.6 Å². The van der Waals surface area contributed by atoms with Crippen LogP contribution in [0.2, 0.25) is 0 Å². The van der Waals surface area contributed by atoms with Crippen LogP contribution < -0.4 is 5.32 Å². The topological polar surface area (TPSA) is 49.4 Å². The molecule has 1 unspecified atom stereocenters. The van der Waals surface area contributed by atoms with Crippen molar-refractivity contribution in [3.8, 4) is 0 Å². The highest BCUT2D eigenvalue weighted by atomic mass is 16.2. The number of aryl methyl sites for hydroxylation is 2. The van der Waals surface area contributed by atoms with E-state index in [0.717, 1.165) is 48.3 Å². The molecule has 0 heterocycles. The molecule has 3 aromatic rings. The molecule has 0 bridgehead atoms. The summed E-state index contributed by atoms with van der Waals surface area (Å²) in [7, 11) is 0. The molecule has 0 spiro atoms. The second-order valence-corrected chi connectivity index (χ2v) is 8.29. The minimum atomic E-state index is -0.384. The van der Waals surface area contributed by atoms with E-state index >= 15 is 0 Å². The van der Waals surface area contributed by atoms with E-state index in [9.17, 15) is 9.59 Å². The van der Waals surface area contributed by atoms with E-state index in [1.54, 1.807) is 0 Å². The second kappa shape index (κ2) is 9.92. The number of carbonyl (C=O) groups excluding carboxylic acids is 2. The number of amides is 1. The monoisotopic (exact) mass is 426 g/mol. The maximum Gasteiger partial charge on any atom is 0.238 e. The first kappa shape index (κ1) is 22.0. The zero-order valence-electron chi connectivity index (χ0n) is 18.8. The molecular weight excluding hydrogens is 396 g/mol. The Morgan fingerprint density at radius 1 is 0.844 bits per heavy atom. The maximum atomic E-state index is 13.7. The number of carbonyl (C=O) groups is 2. The fraction of sp³-hybridized carbons (Fsp3) is 0.286. The van der Waals surface area contributed by atoms with Crippen LogP contribution in [0, 0.1) is 0 Å². The van der Waals surface area contributed by atoms with E-state index in [0.29, 0.717) is 12.1 Å². The number of hydrogen-bond donors (Lipinski definition) is 1. The molecule has 1 atom stereocenters. The van der Waals surface area contributed by atoms with Crippen LogP contribution in [0.3, 0.4) is 0 Å². The number of benzene rings is 3. The summed E-state index contributed by atoms with van der Waals surface area (Å²) in [6.45, 7) is 6.13. The summed E-state index contributed by atoms with van der Waals surface area (Å²) < 4.78 is 0. The van der Waals surface area contributed by atoms with E-state index < -0.39 is 0 Å². The van der Waals surface area contributed by atoms with Gasteiger partial charge in [0.05, 0.1) is 12.5 Å². The quantitative estimate of drug-likeness (QED) is 0.536. The van der Waals surface area contributed by atoms with Gasteiger partial charge in [-0.05, 0) is 60.3 Å². The Balaban J connectivity index is 1.73. The predicted octanol–water partition coefficient (Wildman–Crippen LogP) is 5.08. The highest BCUT2D eigenvalue weighted by molar-refractivity contribution is 6.04. The van der Waals surface area contributed by atoms with Gasteiger partial charge in [0.1, 0.15) is 0 Å². The summed E-state index contributed by atoms with van der Waals surface area (Å²) >= 11 is 0. The third-order valence-corrected chi connectivity index (χ3v) is 6.35. The fourth-order valence-electron chi connectivity index (χ4n) is 4.55. The lowest BCUT2D eigenvalue weighted by Crippen LogP contribution is -2.33. The number of hydrogen-bond acceptors (Lipinski definition) is 3. The largest absolute Gasteiger partial charge is 0.325 e. The first-order chi connectivity index (χ1) is 15.6. The fourth-order valence-corrected chi connectivity index (χ4v) is 4.55. The van der Waals surface area contributed by atoms with Crippen LogP contribution in [0.4, 0.5) is 5.69 Å². The molecule has 0 aromatic heterocycles. The number of fused-ring (bicyclic) bond motifs is 2. The SMILES string of the molecule is CCN(CC)CC(=O)Nc1ccc2c(c1)C(C(=O)c1ccccc1)c1ccccc1CC2. The number of likely N-dealkylation sites (N-methyl/N-ethyl adjacent to an activating group) is 1. The molecule has 0 saturated carbocycles. The Labute approximate surface area is 190 Å². The minimum Gasteiger partial charge on any atom is -0.325 e. The number of Topliss-reactive ketones (excluding diaryl/α,β-unsaturated/α-hetero) is 1. The van der Waals surface area contributed by atoms with Gasteiger partial charge in [0.25, 0.3) is 0 Å². The standard InChI is InChI=1S/C28H30N2O2/c1-3-30(4-2)19-26(31)29-23-17-16-21-15-14-20-10-8-9-13-24(20)27(25(21)18-23)28(32)22-11-6-5-7-12-22/h5-13,16-18,27H,3-4,14-15,19H2,1-2H3,(H,29,31). The van der Waals surface area contributed by atoms with Gasteiger partial charge in [0, 0.05) is 11.3 Å². The van der Waals surface area contributed by atoms with Crippen LogP contribution >= 0.6 is 0 Å². The van der Waals surface area contributed by atoms with Gasteiger partial charge >= 0.3 is 0 Å². The molecule has 4 nitrogen and oxygen atoms in total. The number of anilines is 1. The smallest absolute Gasteiger partial charge is 0.238 e. The van der Waals surface area contributed by atoms with Gasteiger partial charge in [-0.25, -0.2) is 0 Å². The van der Waals surface area contributed by atoms with Gasteiger partial charge in [-0.1, -0.05) is 74.5 Å². The van der Waals surface area contributed by atoms with Crippen molar-refractivity contribution in [1.29, 1.82) is 0 Å². The highest BCUT2D eigenvalue weighted by Crippen LogP contribution is 2.37. The maximum absolute atomic E-state index is 13.7. The second-order valence-electron chi connectivity index (χ2n) is 8.29. The van der Waals surface area contributed by atoms with Crippen molar-refractivity contribution in [2.75, 3.05) is 25.0 Å². The molecule has 32 heavy (non-hydrogen) atoms. The number of nitrogens with zero attached hydrogens (tertiary/aromatic N) is 1. The van der Waals surface area contributed by atoms with Crippen LogP contribution in [0.5, 0.6) is 0 Å². The third-order valence-electron chi connectivity index (χ3n) is 6.35. The first-order valence-electron chi connectivity index (χ1n) is 11.4. The molecule has 0 saturated heterocycles. The molecule has 0 aliphatic heterocycles. The van der Waals surface area contributed by atoms with Crippen LogP contribution in [0.1, 0.15) is 52.4 Å². The van der Waals surface area contributed by atoms with Gasteiger partial charge in [0.2, 0.25) is 5.91 Å². The molecule has 3 aromatic carbocycles. The van der Waals surface area contributed by atoms with Crippen molar-refractivity contribution < 1.29 is 9.59 Å². The van der Waals surface area contributed by atoms with Crippen molar-refractivity contribution >= 4 is 17.4 Å². The number of ketones is 1. The summed E-state index contributed by atoms with van der Waals surface area (Å²) in [5.41, 5.74) is 5.88. The van der Waals surface area contributed by atoms with E-state index in [4.69, 9.17) is 0 Å². The van der Waals surface area contributed by atoms with Gasteiger partial charge in [-0.15, -0.1) is 0 Å². The van der Waals surface area contributed by atoms with Gasteiger partial charge < -0.3 is 5.32 Å². The van der Waals surface area contributed by atoms with Crippen LogP contribution in [-0.4, -0.2) is 36.2 Å². The minimum absolute atomic E-state index is 0.0337. The lowest BCUT2D eigenvalue weighted by atomic mass is 9.82. The Morgan fingerprint density at radius 2 is 1.50 bits per heavy atom. The lowest BCUT2D eigenvalue weighted by molar-refractivity contribution is -0.117. The van der Waals surface area contributed by atoms with Crippen molar-refractivity contribution in [3.63, 3.8) is 0 Å². The predicted molar refractivity (Wildman–Crippen MR) is 129 cm³/mol. The zero-order chi connectivity index (χ0) is 22.5.